The van der Waals surface area contributed by atoms with Gasteiger partial charge in [-0.15, -0.1) is 11.3 Å². The monoisotopic (exact) mass is 546 g/mol. The van der Waals surface area contributed by atoms with Crippen LogP contribution < -0.4 is 20.5 Å². The topological polar surface area (TPSA) is 94.8 Å². The second-order valence-electron chi connectivity index (χ2n) is 8.37. The number of benzene rings is 1. The Balaban J connectivity index is 1.52. The SMILES string of the molecule is CCOc1c(Br)cc(/C=N\NC(=O)[C@@H](C)n2cnc3sc4c(c3c2=O)CC[C@@H](C)C4)cc1OC. The van der Waals surface area contributed by atoms with E-state index in [9.17, 15) is 9.59 Å². The number of aryl methyl sites for hydroxylation is 1. The van der Waals surface area contributed by atoms with E-state index in [2.05, 4.69) is 38.4 Å². The lowest BCUT2D eigenvalue weighted by molar-refractivity contribution is -0.123. The maximum Gasteiger partial charge on any atom is 0.263 e. The van der Waals surface area contributed by atoms with Gasteiger partial charge >= 0.3 is 0 Å². The van der Waals surface area contributed by atoms with Crippen molar-refractivity contribution in [3.05, 3.63) is 49.3 Å². The Morgan fingerprint density at radius 1 is 1.47 bits per heavy atom. The molecule has 8 nitrogen and oxygen atoms in total. The first-order valence-corrected chi connectivity index (χ1v) is 12.8. The summed E-state index contributed by atoms with van der Waals surface area (Å²) in [6.07, 6.45) is 5.88. The van der Waals surface area contributed by atoms with Gasteiger partial charge in [-0.1, -0.05) is 6.92 Å². The van der Waals surface area contributed by atoms with Crippen molar-refractivity contribution in [2.24, 2.45) is 11.0 Å². The number of rotatable bonds is 7. The molecule has 3 aromatic rings. The molecule has 0 bridgehead atoms. The first-order valence-electron chi connectivity index (χ1n) is 11.2. The van der Waals surface area contributed by atoms with Crippen molar-refractivity contribution >= 4 is 49.6 Å². The van der Waals surface area contributed by atoms with Crippen LogP contribution in [0, 0.1) is 5.92 Å². The molecule has 0 spiro atoms. The summed E-state index contributed by atoms with van der Waals surface area (Å²) in [4.78, 5) is 32.5. The van der Waals surface area contributed by atoms with E-state index in [1.165, 1.54) is 22.0 Å². The first kappa shape index (κ1) is 24.4. The van der Waals surface area contributed by atoms with Gasteiger partial charge in [-0.05, 0) is 78.2 Å². The van der Waals surface area contributed by atoms with Crippen LogP contribution in [0.5, 0.6) is 11.5 Å². The normalized spacial score (nSPS) is 16.4. The number of carbonyl (C=O) groups is 1. The average Bonchev–Trinajstić information content (AvgIpc) is 3.18. The van der Waals surface area contributed by atoms with Crippen molar-refractivity contribution in [3.63, 3.8) is 0 Å². The molecule has 0 aliphatic heterocycles. The Labute approximate surface area is 210 Å². The van der Waals surface area contributed by atoms with Crippen LogP contribution in [0.25, 0.3) is 10.2 Å². The molecule has 180 valence electrons. The number of hydrogen-bond acceptors (Lipinski definition) is 7. The minimum atomic E-state index is -0.763. The highest BCUT2D eigenvalue weighted by molar-refractivity contribution is 9.10. The minimum Gasteiger partial charge on any atom is -0.493 e. The fourth-order valence-electron chi connectivity index (χ4n) is 4.11. The number of nitrogens with one attached hydrogen (secondary N) is 1. The highest BCUT2D eigenvalue weighted by Gasteiger charge is 2.25. The van der Waals surface area contributed by atoms with Crippen molar-refractivity contribution in [1.29, 1.82) is 0 Å². The highest BCUT2D eigenvalue weighted by Crippen LogP contribution is 2.37. The largest absolute Gasteiger partial charge is 0.493 e. The quantitative estimate of drug-likeness (QED) is 0.348. The number of thiophene rings is 1. The van der Waals surface area contributed by atoms with Crippen molar-refractivity contribution in [2.75, 3.05) is 13.7 Å². The maximum absolute atomic E-state index is 13.3. The molecular formula is C24H27BrN4O4S. The lowest BCUT2D eigenvalue weighted by Crippen LogP contribution is -2.34. The fraction of sp³-hybridized carbons (Fsp3) is 0.417. The zero-order valence-electron chi connectivity index (χ0n) is 19.6. The standard InChI is InChI=1S/C24H27BrN4O4S/c1-5-33-21-17(25)9-15(10-18(21)32-4)11-27-28-22(30)14(3)29-12-26-23-20(24(29)31)16-7-6-13(2)8-19(16)34-23/h9-14H,5-8H2,1-4H3,(H,28,30)/b27-11-/t13-,14-/m1/s1. The zero-order valence-corrected chi connectivity index (χ0v) is 22.0. The number of nitrogens with zero attached hydrogens (tertiary/aromatic N) is 3. The summed E-state index contributed by atoms with van der Waals surface area (Å²) in [5, 5.41) is 4.72. The van der Waals surface area contributed by atoms with Gasteiger partial charge in [-0.25, -0.2) is 10.4 Å². The van der Waals surface area contributed by atoms with E-state index >= 15 is 0 Å². The second kappa shape index (κ2) is 10.3. The third-order valence-electron chi connectivity index (χ3n) is 5.97. The van der Waals surface area contributed by atoms with E-state index < -0.39 is 11.9 Å². The summed E-state index contributed by atoms with van der Waals surface area (Å²) in [5.74, 6) is 1.36. The van der Waals surface area contributed by atoms with Crippen LogP contribution in [0.1, 0.15) is 49.2 Å². The van der Waals surface area contributed by atoms with Crippen LogP contribution in [-0.2, 0) is 17.6 Å². The number of carbonyl (C=O) groups excluding carboxylic acids is 1. The molecule has 34 heavy (non-hydrogen) atoms. The van der Waals surface area contributed by atoms with Crippen LogP contribution in [-0.4, -0.2) is 35.4 Å². The molecule has 2 aromatic heterocycles. The molecule has 4 rings (SSSR count). The lowest BCUT2D eigenvalue weighted by atomic mass is 9.89. The van der Waals surface area contributed by atoms with Crippen molar-refractivity contribution in [3.8, 4) is 11.5 Å². The van der Waals surface area contributed by atoms with Gasteiger partial charge in [0.15, 0.2) is 11.5 Å². The molecule has 1 amide bonds. The van der Waals surface area contributed by atoms with Crippen LogP contribution in [0.15, 0.2) is 32.8 Å². The summed E-state index contributed by atoms with van der Waals surface area (Å²) < 4.78 is 13.1. The first-order chi connectivity index (χ1) is 16.3. The molecule has 0 radical (unpaired) electrons. The number of amides is 1. The van der Waals surface area contributed by atoms with Crippen molar-refractivity contribution in [1.82, 2.24) is 15.0 Å². The Morgan fingerprint density at radius 2 is 2.26 bits per heavy atom. The van der Waals surface area contributed by atoms with Crippen LogP contribution in [0.3, 0.4) is 0 Å². The molecule has 0 saturated heterocycles. The van der Waals surface area contributed by atoms with Gasteiger partial charge in [0, 0.05) is 4.88 Å². The molecule has 2 heterocycles. The van der Waals surface area contributed by atoms with Gasteiger partial charge in [0.25, 0.3) is 11.5 Å². The third kappa shape index (κ3) is 4.74. The van der Waals surface area contributed by atoms with Crippen LogP contribution in [0.2, 0.25) is 0 Å². The molecular weight excluding hydrogens is 520 g/mol. The fourth-order valence-corrected chi connectivity index (χ4v) is 6.02. The van der Waals surface area contributed by atoms with Gasteiger partial charge in [0.1, 0.15) is 10.9 Å². The lowest BCUT2D eigenvalue weighted by Gasteiger charge is -2.18. The summed E-state index contributed by atoms with van der Waals surface area (Å²) in [6, 6.07) is 2.81. The number of hydrogen-bond donors (Lipinski definition) is 1. The zero-order chi connectivity index (χ0) is 24.4. The van der Waals surface area contributed by atoms with E-state index in [-0.39, 0.29) is 5.56 Å². The summed E-state index contributed by atoms with van der Waals surface area (Å²) in [5.41, 5.74) is 4.15. The summed E-state index contributed by atoms with van der Waals surface area (Å²) in [7, 11) is 1.56. The van der Waals surface area contributed by atoms with Crippen molar-refractivity contribution < 1.29 is 14.3 Å². The van der Waals surface area contributed by atoms with E-state index in [1.54, 1.807) is 31.4 Å². The average molecular weight is 547 g/mol. The van der Waals surface area contributed by atoms with Gasteiger partial charge in [0.05, 0.1) is 36.1 Å². The molecule has 1 aromatic carbocycles. The Hall–Kier alpha value is -2.72. The van der Waals surface area contributed by atoms with Gasteiger partial charge in [-0.2, -0.15) is 5.10 Å². The number of hydrazone groups is 1. The van der Waals surface area contributed by atoms with Crippen LogP contribution >= 0.6 is 27.3 Å². The van der Waals surface area contributed by atoms with E-state index in [0.717, 1.165) is 29.7 Å². The number of aromatic nitrogens is 2. The van der Waals surface area contributed by atoms with E-state index in [0.29, 0.717) is 39.4 Å². The number of fused-ring (bicyclic) bond motifs is 3. The number of halogens is 1. The Kier molecular flexibility index (Phi) is 7.37. The molecule has 0 fully saturated rings. The van der Waals surface area contributed by atoms with Gasteiger partial charge in [0.2, 0.25) is 0 Å². The smallest absolute Gasteiger partial charge is 0.263 e. The molecule has 2 atom stereocenters. The molecule has 1 N–H and O–H groups in total. The molecule has 0 saturated carbocycles. The van der Waals surface area contributed by atoms with Gasteiger partial charge in [-0.3, -0.25) is 14.2 Å². The second-order valence-corrected chi connectivity index (χ2v) is 10.3. The van der Waals surface area contributed by atoms with Crippen molar-refractivity contribution in [2.45, 2.75) is 46.1 Å². The molecule has 1 aliphatic rings. The Bertz CT molecular complexity index is 1320. The predicted molar refractivity (Wildman–Crippen MR) is 137 cm³/mol. The number of ether oxygens (including phenoxy) is 2. The van der Waals surface area contributed by atoms with E-state index in [4.69, 9.17) is 9.47 Å². The molecule has 1 aliphatic carbocycles. The molecule has 10 heteroatoms. The molecule has 0 unspecified atom stereocenters. The number of methoxy groups -OCH3 is 1. The predicted octanol–water partition coefficient (Wildman–Crippen LogP) is 4.46. The maximum atomic E-state index is 13.3. The highest BCUT2D eigenvalue weighted by atomic mass is 79.9. The van der Waals surface area contributed by atoms with Crippen LogP contribution in [0.4, 0.5) is 0 Å². The Morgan fingerprint density at radius 3 is 3.00 bits per heavy atom. The van der Waals surface area contributed by atoms with E-state index in [1.807, 2.05) is 13.0 Å². The summed E-state index contributed by atoms with van der Waals surface area (Å²) in [6.45, 7) is 6.29. The third-order valence-corrected chi connectivity index (χ3v) is 7.72. The summed E-state index contributed by atoms with van der Waals surface area (Å²) >= 11 is 5.06. The van der Waals surface area contributed by atoms with Gasteiger partial charge < -0.3 is 9.47 Å². The minimum absolute atomic E-state index is 0.177.